The average molecular weight is 249 g/mol. The number of benzene rings is 1. The van der Waals surface area contributed by atoms with E-state index in [2.05, 4.69) is 5.32 Å². The van der Waals surface area contributed by atoms with Gasteiger partial charge in [0, 0.05) is 19.0 Å². The monoisotopic (exact) mass is 249 g/mol. The van der Waals surface area contributed by atoms with Gasteiger partial charge in [-0.3, -0.25) is 9.59 Å². The molecule has 0 aliphatic heterocycles. The molecule has 0 aliphatic carbocycles. The van der Waals surface area contributed by atoms with E-state index in [0.29, 0.717) is 13.0 Å². The zero-order valence-corrected chi connectivity index (χ0v) is 10.9. The number of esters is 1. The van der Waals surface area contributed by atoms with Crippen LogP contribution >= 0.6 is 0 Å². The highest BCUT2D eigenvalue weighted by Crippen LogP contribution is 2.11. The minimum absolute atomic E-state index is 0.0786. The molecule has 0 spiro atoms. The lowest BCUT2D eigenvalue weighted by atomic mass is 10.1. The van der Waals surface area contributed by atoms with Gasteiger partial charge in [-0.1, -0.05) is 12.1 Å². The molecule has 0 saturated carbocycles. The van der Waals surface area contributed by atoms with Crippen molar-refractivity contribution >= 4 is 17.6 Å². The summed E-state index contributed by atoms with van der Waals surface area (Å²) in [6.45, 7) is 3.72. The first-order valence-corrected chi connectivity index (χ1v) is 6.14. The van der Waals surface area contributed by atoms with E-state index in [1.165, 1.54) is 6.92 Å². The Morgan fingerprint density at radius 2 is 1.89 bits per heavy atom. The summed E-state index contributed by atoms with van der Waals surface area (Å²) in [4.78, 5) is 22.0. The SMILES string of the molecule is CCOC(=O)CCCc1ccc(NC(C)=O)cc1. The molecule has 18 heavy (non-hydrogen) atoms. The molecule has 0 saturated heterocycles. The fraction of sp³-hybridized carbons (Fsp3) is 0.429. The highest BCUT2D eigenvalue weighted by atomic mass is 16.5. The van der Waals surface area contributed by atoms with Crippen LogP contribution in [0.1, 0.15) is 32.3 Å². The maximum atomic E-state index is 11.1. The van der Waals surface area contributed by atoms with Gasteiger partial charge in [-0.05, 0) is 37.5 Å². The van der Waals surface area contributed by atoms with Crippen molar-refractivity contribution in [3.63, 3.8) is 0 Å². The predicted octanol–water partition coefficient (Wildman–Crippen LogP) is 2.53. The summed E-state index contributed by atoms with van der Waals surface area (Å²) in [6, 6.07) is 7.63. The van der Waals surface area contributed by atoms with E-state index in [1.807, 2.05) is 24.3 Å². The lowest BCUT2D eigenvalue weighted by Crippen LogP contribution is -2.05. The minimum atomic E-state index is -0.146. The number of nitrogens with one attached hydrogen (secondary N) is 1. The zero-order chi connectivity index (χ0) is 13.4. The normalized spacial score (nSPS) is 9.89. The summed E-state index contributed by atoms with van der Waals surface area (Å²) in [7, 11) is 0. The Bertz CT molecular complexity index is 398. The van der Waals surface area contributed by atoms with E-state index >= 15 is 0 Å². The first-order chi connectivity index (χ1) is 8.61. The van der Waals surface area contributed by atoms with Gasteiger partial charge in [-0.15, -0.1) is 0 Å². The first kappa shape index (κ1) is 14.2. The van der Waals surface area contributed by atoms with Crippen molar-refractivity contribution in [2.24, 2.45) is 0 Å². The van der Waals surface area contributed by atoms with Crippen LogP contribution < -0.4 is 5.32 Å². The van der Waals surface area contributed by atoms with Crippen LogP contribution in [0.15, 0.2) is 24.3 Å². The molecule has 0 radical (unpaired) electrons. The van der Waals surface area contributed by atoms with Crippen molar-refractivity contribution in [1.29, 1.82) is 0 Å². The van der Waals surface area contributed by atoms with E-state index in [1.54, 1.807) is 6.92 Å². The van der Waals surface area contributed by atoms with Crippen LogP contribution in [-0.2, 0) is 20.7 Å². The van der Waals surface area contributed by atoms with E-state index in [9.17, 15) is 9.59 Å². The van der Waals surface area contributed by atoms with Gasteiger partial charge < -0.3 is 10.1 Å². The molecule has 0 fully saturated rings. The first-order valence-electron chi connectivity index (χ1n) is 6.14. The Balaban J connectivity index is 2.35. The van der Waals surface area contributed by atoms with Crippen molar-refractivity contribution in [3.8, 4) is 0 Å². The molecule has 1 amide bonds. The zero-order valence-electron chi connectivity index (χ0n) is 10.9. The second-order valence-electron chi connectivity index (χ2n) is 4.04. The molecule has 1 aromatic rings. The van der Waals surface area contributed by atoms with Crippen LogP contribution in [0, 0.1) is 0 Å². The number of amides is 1. The summed E-state index contributed by atoms with van der Waals surface area (Å²) in [5.74, 6) is -0.225. The molecule has 0 aliphatic rings. The molecule has 1 N–H and O–H groups in total. The number of ether oxygens (including phenoxy) is 1. The van der Waals surface area contributed by atoms with Crippen molar-refractivity contribution < 1.29 is 14.3 Å². The Morgan fingerprint density at radius 3 is 2.44 bits per heavy atom. The summed E-state index contributed by atoms with van der Waals surface area (Å²) in [5, 5.41) is 2.71. The summed E-state index contributed by atoms with van der Waals surface area (Å²) in [6.07, 6.45) is 2.05. The Labute approximate surface area is 107 Å². The van der Waals surface area contributed by atoms with Gasteiger partial charge in [0.2, 0.25) is 5.91 Å². The molecule has 4 heteroatoms. The minimum Gasteiger partial charge on any atom is -0.466 e. The van der Waals surface area contributed by atoms with Gasteiger partial charge in [0.1, 0.15) is 0 Å². The highest BCUT2D eigenvalue weighted by molar-refractivity contribution is 5.88. The molecule has 0 aromatic heterocycles. The molecule has 4 nitrogen and oxygen atoms in total. The second kappa shape index (κ2) is 7.48. The average Bonchev–Trinajstić information content (AvgIpc) is 2.31. The topological polar surface area (TPSA) is 55.4 Å². The fourth-order valence-corrected chi connectivity index (χ4v) is 1.63. The van der Waals surface area contributed by atoms with E-state index < -0.39 is 0 Å². The molecule has 1 aromatic carbocycles. The lowest BCUT2D eigenvalue weighted by Gasteiger charge is -2.05. The van der Waals surface area contributed by atoms with Crippen molar-refractivity contribution in [2.75, 3.05) is 11.9 Å². The number of carbonyl (C=O) groups is 2. The van der Waals surface area contributed by atoms with Crippen molar-refractivity contribution in [3.05, 3.63) is 29.8 Å². The highest BCUT2D eigenvalue weighted by Gasteiger charge is 2.02. The van der Waals surface area contributed by atoms with Gasteiger partial charge in [0.15, 0.2) is 0 Å². The predicted molar refractivity (Wildman–Crippen MR) is 70.3 cm³/mol. The smallest absolute Gasteiger partial charge is 0.305 e. The van der Waals surface area contributed by atoms with Crippen LogP contribution in [0.2, 0.25) is 0 Å². The number of aryl methyl sites for hydroxylation is 1. The molecule has 0 unspecified atom stereocenters. The van der Waals surface area contributed by atoms with Crippen LogP contribution in [-0.4, -0.2) is 18.5 Å². The van der Waals surface area contributed by atoms with Crippen LogP contribution in [0.3, 0.4) is 0 Å². The number of anilines is 1. The fourth-order valence-electron chi connectivity index (χ4n) is 1.63. The number of carbonyl (C=O) groups excluding carboxylic acids is 2. The van der Waals surface area contributed by atoms with Crippen molar-refractivity contribution in [2.45, 2.75) is 33.1 Å². The van der Waals surface area contributed by atoms with Gasteiger partial charge in [0.25, 0.3) is 0 Å². The third-order valence-electron chi connectivity index (χ3n) is 2.43. The Hall–Kier alpha value is -1.84. The summed E-state index contributed by atoms with van der Waals surface area (Å²) < 4.78 is 4.86. The molecule has 0 heterocycles. The lowest BCUT2D eigenvalue weighted by molar-refractivity contribution is -0.143. The standard InChI is InChI=1S/C14H19NO3/c1-3-18-14(17)6-4-5-12-7-9-13(10-8-12)15-11(2)16/h7-10H,3-6H2,1-2H3,(H,15,16). The van der Waals surface area contributed by atoms with E-state index in [-0.39, 0.29) is 11.9 Å². The third-order valence-corrected chi connectivity index (χ3v) is 2.43. The summed E-state index contributed by atoms with van der Waals surface area (Å²) in [5.41, 5.74) is 1.94. The number of rotatable bonds is 6. The number of hydrogen-bond acceptors (Lipinski definition) is 3. The van der Waals surface area contributed by atoms with Crippen LogP contribution in [0.25, 0.3) is 0 Å². The maximum absolute atomic E-state index is 11.1. The summed E-state index contributed by atoms with van der Waals surface area (Å²) >= 11 is 0. The Kier molecular flexibility index (Phi) is 5.91. The van der Waals surface area contributed by atoms with Gasteiger partial charge in [-0.25, -0.2) is 0 Å². The third kappa shape index (κ3) is 5.48. The maximum Gasteiger partial charge on any atom is 0.305 e. The molecule has 1 rings (SSSR count). The van der Waals surface area contributed by atoms with E-state index in [4.69, 9.17) is 4.74 Å². The molecule has 0 atom stereocenters. The molecule has 0 bridgehead atoms. The van der Waals surface area contributed by atoms with Crippen LogP contribution in [0.5, 0.6) is 0 Å². The van der Waals surface area contributed by atoms with Crippen LogP contribution in [0.4, 0.5) is 5.69 Å². The molecular weight excluding hydrogens is 230 g/mol. The van der Waals surface area contributed by atoms with Gasteiger partial charge in [0.05, 0.1) is 6.61 Å². The molecular formula is C14H19NO3. The molecule has 98 valence electrons. The second-order valence-corrected chi connectivity index (χ2v) is 4.04. The van der Waals surface area contributed by atoms with E-state index in [0.717, 1.165) is 24.1 Å². The number of hydrogen-bond donors (Lipinski definition) is 1. The quantitative estimate of drug-likeness (QED) is 0.788. The van der Waals surface area contributed by atoms with Gasteiger partial charge >= 0.3 is 5.97 Å². The Morgan fingerprint density at radius 1 is 1.22 bits per heavy atom. The largest absolute Gasteiger partial charge is 0.466 e. The van der Waals surface area contributed by atoms with Gasteiger partial charge in [-0.2, -0.15) is 0 Å². The van der Waals surface area contributed by atoms with Crippen molar-refractivity contribution in [1.82, 2.24) is 0 Å².